The van der Waals surface area contributed by atoms with Gasteiger partial charge >= 0.3 is 0 Å². The summed E-state index contributed by atoms with van der Waals surface area (Å²) in [6, 6.07) is 10.2. The van der Waals surface area contributed by atoms with Gasteiger partial charge in [0.05, 0.1) is 26.5 Å². The predicted octanol–water partition coefficient (Wildman–Crippen LogP) is 4.39. The van der Waals surface area contributed by atoms with E-state index in [9.17, 15) is 4.79 Å². The van der Waals surface area contributed by atoms with Gasteiger partial charge in [-0.15, -0.1) is 12.4 Å². The fraction of sp³-hybridized carbons (Fsp3) is 0.350. The van der Waals surface area contributed by atoms with Gasteiger partial charge in [-0.3, -0.25) is 4.79 Å². The minimum atomic E-state index is -0.262. The lowest BCUT2D eigenvalue weighted by Gasteiger charge is -2.13. The minimum Gasteiger partial charge on any atom is -0.495 e. The third kappa shape index (κ3) is 6.25. The van der Waals surface area contributed by atoms with E-state index in [-0.39, 0.29) is 18.3 Å². The molecule has 0 radical (unpaired) electrons. The molecule has 2 rings (SSSR count). The molecule has 1 amide bonds. The number of benzene rings is 2. The standard InChI is InChI=1S/C20H26N2O4.ClH/c1-13(2)9-10-26-18-7-5-14(11-19(18)25-4)20(23)22-15-6-8-17(24-3)16(21)12-15;/h5-8,11-13H,9-10,21H2,1-4H3,(H,22,23);1H. The van der Waals surface area contributed by atoms with Crippen LogP contribution in [0.3, 0.4) is 0 Å². The van der Waals surface area contributed by atoms with Crippen molar-refractivity contribution in [2.45, 2.75) is 20.3 Å². The van der Waals surface area contributed by atoms with Gasteiger partial charge in [0.15, 0.2) is 11.5 Å². The highest BCUT2D eigenvalue weighted by Gasteiger charge is 2.12. The van der Waals surface area contributed by atoms with E-state index in [4.69, 9.17) is 19.9 Å². The van der Waals surface area contributed by atoms with Crippen LogP contribution >= 0.6 is 12.4 Å². The Balaban J connectivity index is 0.00000364. The normalized spacial score (nSPS) is 10.1. The Morgan fingerprint density at radius 2 is 1.70 bits per heavy atom. The zero-order valence-corrected chi connectivity index (χ0v) is 16.9. The molecule has 148 valence electrons. The van der Waals surface area contributed by atoms with Crippen LogP contribution in [0.25, 0.3) is 0 Å². The predicted molar refractivity (Wildman–Crippen MR) is 111 cm³/mol. The zero-order valence-electron chi connectivity index (χ0n) is 16.1. The average molecular weight is 395 g/mol. The first-order valence-corrected chi connectivity index (χ1v) is 8.50. The van der Waals surface area contributed by atoms with Gasteiger partial charge in [0, 0.05) is 11.3 Å². The van der Waals surface area contributed by atoms with Crippen molar-refractivity contribution < 1.29 is 19.0 Å². The second kappa shape index (κ2) is 10.5. The molecule has 0 aliphatic rings. The lowest BCUT2D eigenvalue weighted by atomic mass is 10.1. The molecule has 0 heterocycles. The Bertz CT molecular complexity index is 766. The molecule has 27 heavy (non-hydrogen) atoms. The van der Waals surface area contributed by atoms with Crippen LogP contribution in [0.5, 0.6) is 17.2 Å². The quantitative estimate of drug-likeness (QED) is 0.649. The number of halogens is 1. The molecule has 0 bridgehead atoms. The summed E-state index contributed by atoms with van der Waals surface area (Å²) in [6.07, 6.45) is 0.949. The molecular formula is C20H27ClN2O4. The fourth-order valence-corrected chi connectivity index (χ4v) is 2.35. The van der Waals surface area contributed by atoms with Crippen LogP contribution in [0, 0.1) is 5.92 Å². The van der Waals surface area contributed by atoms with Gasteiger partial charge in [-0.25, -0.2) is 0 Å². The molecule has 6 nitrogen and oxygen atoms in total. The number of nitrogens with one attached hydrogen (secondary N) is 1. The minimum absolute atomic E-state index is 0. The number of nitrogen functional groups attached to an aromatic ring is 1. The van der Waals surface area contributed by atoms with Gasteiger partial charge < -0.3 is 25.3 Å². The van der Waals surface area contributed by atoms with Gasteiger partial charge in [0.1, 0.15) is 5.75 Å². The van der Waals surface area contributed by atoms with Crippen molar-refractivity contribution in [2.75, 3.05) is 31.9 Å². The SMILES string of the molecule is COc1ccc(NC(=O)c2ccc(OCCC(C)C)c(OC)c2)cc1N.Cl. The number of rotatable bonds is 8. The van der Waals surface area contributed by atoms with Crippen LogP contribution < -0.4 is 25.3 Å². The molecule has 2 aromatic carbocycles. The zero-order chi connectivity index (χ0) is 19.1. The highest BCUT2D eigenvalue weighted by molar-refractivity contribution is 6.05. The summed E-state index contributed by atoms with van der Waals surface area (Å²) < 4.78 is 16.2. The second-order valence-corrected chi connectivity index (χ2v) is 6.31. The number of nitrogens with two attached hydrogens (primary N) is 1. The number of methoxy groups -OCH3 is 2. The lowest BCUT2D eigenvalue weighted by molar-refractivity contribution is 0.102. The van der Waals surface area contributed by atoms with Crippen molar-refractivity contribution in [2.24, 2.45) is 5.92 Å². The summed E-state index contributed by atoms with van der Waals surface area (Å²) in [4.78, 5) is 12.5. The molecule has 0 aromatic heterocycles. The molecule has 0 atom stereocenters. The van der Waals surface area contributed by atoms with Crippen LogP contribution in [-0.4, -0.2) is 26.7 Å². The van der Waals surface area contributed by atoms with Crippen LogP contribution in [0.15, 0.2) is 36.4 Å². The summed E-state index contributed by atoms with van der Waals surface area (Å²) in [7, 11) is 3.09. The number of amides is 1. The van der Waals surface area contributed by atoms with E-state index in [0.717, 1.165) is 6.42 Å². The summed E-state index contributed by atoms with van der Waals surface area (Å²) in [5.74, 6) is 2.01. The highest BCUT2D eigenvalue weighted by Crippen LogP contribution is 2.29. The van der Waals surface area contributed by atoms with Crippen molar-refractivity contribution in [3.8, 4) is 17.2 Å². The Labute approximate surface area is 166 Å². The molecule has 7 heteroatoms. The first kappa shape index (κ1) is 22.4. The van der Waals surface area contributed by atoms with E-state index in [1.807, 2.05) is 0 Å². The topological polar surface area (TPSA) is 82.8 Å². The molecule has 3 N–H and O–H groups in total. The largest absolute Gasteiger partial charge is 0.495 e. The van der Waals surface area contributed by atoms with Crippen LogP contribution in [0.2, 0.25) is 0 Å². The lowest BCUT2D eigenvalue weighted by Crippen LogP contribution is -2.12. The maximum atomic E-state index is 12.5. The number of anilines is 2. The summed E-state index contributed by atoms with van der Waals surface area (Å²) in [5, 5.41) is 2.81. The first-order valence-electron chi connectivity index (χ1n) is 8.50. The van der Waals surface area contributed by atoms with Crippen molar-refractivity contribution >= 4 is 29.7 Å². The Kier molecular flexibility index (Phi) is 8.75. The van der Waals surface area contributed by atoms with Gasteiger partial charge in [0.2, 0.25) is 0 Å². The van der Waals surface area contributed by atoms with E-state index in [1.165, 1.54) is 0 Å². The monoisotopic (exact) mass is 394 g/mol. The van der Waals surface area contributed by atoms with Crippen LogP contribution in [-0.2, 0) is 0 Å². The third-order valence-electron chi connectivity index (χ3n) is 3.87. The highest BCUT2D eigenvalue weighted by atomic mass is 35.5. The van der Waals surface area contributed by atoms with E-state index in [0.29, 0.717) is 46.7 Å². The first-order chi connectivity index (χ1) is 12.4. The van der Waals surface area contributed by atoms with Crippen LogP contribution in [0.1, 0.15) is 30.6 Å². The van der Waals surface area contributed by atoms with Crippen molar-refractivity contribution in [3.05, 3.63) is 42.0 Å². The van der Waals surface area contributed by atoms with Gasteiger partial charge in [-0.05, 0) is 48.7 Å². The molecule has 0 saturated heterocycles. The number of carbonyl (C=O) groups is 1. The molecule has 2 aromatic rings. The fourth-order valence-electron chi connectivity index (χ4n) is 2.35. The van der Waals surface area contributed by atoms with E-state index in [1.54, 1.807) is 50.6 Å². The Morgan fingerprint density at radius 1 is 1.04 bits per heavy atom. The van der Waals surface area contributed by atoms with Gasteiger partial charge in [-0.2, -0.15) is 0 Å². The summed E-state index contributed by atoms with van der Waals surface area (Å²) in [5.41, 5.74) is 7.37. The summed E-state index contributed by atoms with van der Waals surface area (Å²) in [6.45, 7) is 4.88. The molecule has 0 spiro atoms. The average Bonchev–Trinajstić information content (AvgIpc) is 2.61. The number of hydrogen-bond acceptors (Lipinski definition) is 5. The molecule has 0 aliphatic carbocycles. The van der Waals surface area contributed by atoms with Gasteiger partial charge in [0.25, 0.3) is 5.91 Å². The maximum Gasteiger partial charge on any atom is 0.255 e. The number of ether oxygens (including phenoxy) is 3. The molecule has 0 aliphatic heterocycles. The third-order valence-corrected chi connectivity index (χ3v) is 3.87. The maximum absolute atomic E-state index is 12.5. The van der Waals surface area contributed by atoms with Crippen molar-refractivity contribution in [3.63, 3.8) is 0 Å². The molecule has 0 saturated carbocycles. The Hall–Kier alpha value is -2.60. The molecular weight excluding hydrogens is 368 g/mol. The van der Waals surface area contributed by atoms with E-state index in [2.05, 4.69) is 19.2 Å². The van der Waals surface area contributed by atoms with E-state index < -0.39 is 0 Å². The molecule has 0 fully saturated rings. The van der Waals surface area contributed by atoms with Gasteiger partial charge in [-0.1, -0.05) is 13.8 Å². The number of hydrogen-bond donors (Lipinski definition) is 2. The second-order valence-electron chi connectivity index (χ2n) is 6.31. The summed E-state index contributed by atoms with van der Waals surface area (Å²) >= 11 is 0. The van der Waals surface area contributed by atoms with E-state index >= 15 is 0 Å². The van der Waals surface area contributed by atoms with Crippen LogP contribution in [0.4, 0.5) is 11.4 Å². The Morgan fingerprint density at radius 3 is 2.30 bits per heavy atom. The van der Waals surface area contributed by atoms with Crippen molar-refractivity contribution in [1.82, 2.24) is 0 Å². The van der Waals surface area contributed by atoms with Crippen molar-refractivity contribution in [1.29, 1.82) is 0 Å². The smallest absolute Gasteiger partial charge is 0.255 e. The number of carbonyl (C=O) groups excluding carboxylic acids is 1. The molecule has 0 unspecified atom stereocenters.